The summed E-state index contributed by atoms with van der Waals surface area (Å²) < 4.78 is 38.0. The van der Waals surface area contributed by atoms with E-state index in [4.69, 9.17) is 32.8 Å². The van der Waals surface area contributed by atoms with Crippen molar-refractivity contribution in [2.24, 2.45) is 0 Å². The zero-order valence-corrected chi connectivity index (χ0v) is 22.7. The molecule has 5 rings (SSSR count). The highest BCUT2D eigenvalue weighted by Crippen LogP contribution is 2.37. The number of fused-ring (bicyclic) bond motifs is 1. The molecule has 6 N–H and O–H groups in total. The summed E-state index contributed by atoms with van der Waals surface area (Å²) in [5.74, 6) is 0.858. The Morgan fingerprint density at radius 1 is 0.952 bits per heavy atom. The quantitative estimate of drug-likeness (QED) is 0.178. The Balaban J connectivity index is 1.27. The van der Waals surface area contributed by atoms with E-state index in [9.17, 15) is 35.4 Å². The highest BCUT2D eigenvalue weighted by atomic mass is 16.7. The lowest BCUT2D eigenvalue weighted by molar-refractivity contribution is -0.297. The van der Waals surface area contributed by atoms with Crippen LogP contribution in [0.3, 0.4) is 0 Å². The first-order valence-corrected chi connectivity index (χ1v) is 13.0. The Kier molecular flexibility index (Phi) is 8.71. The summed E-state index contributed by atoms with van der Waals surface area (Å²) in [5, 5.41) is 61.1. The van der Waals surface area contributed by atoms with E-state index in [2.05, 4.69) is 0 Å². The minimum atomic E-state index is -1.94. The summed E-state index contributed by atoms with van der Waals surface area (Å²) in [4.78, 5) is 13.3. The number of aliphatic hydroxyl groups excluding tert-OH is 5. The third-order valence-electron chi connectivity index (χ3n) is 7.36. The molecule has 0 aliphatic carbocycles. The molecule has 2 aromatic carbocycles. The first-order valence-electron chi connectivity index (χ1n) is 13.0. The number of benzene rings is 2. The predicted octanol–water partition coefficient (Wildman–Crippen LogP) is -0.879. The molecular formula is C28H32O14. The minimum Gasteiger partial charge on any atom is -0.497 e. The van der Waals surface area contributed by atoms with E-state index >= 15 is 0 Å². The van der Waals surface area contributed by atoms with Crippen LogP contribution in [0.2, 0.25) is 0 Å². The second-order valence-corrected chi connectivity index (χ2v) is 10.1. The fourth-order valence-corrected chi connectivity index (χ4v) is 4.82. The Morgan fingerprint density at radius 3 is 2.38 bits per heavy atom. The molecule has 0 saturated carbocycles. The topological polar surface area (TPSA) is 207 Å². The van der Waals surface area contributed by atoms with Gasteiger partial charge in [0.2, 0.25) is 11.2 Å². The third-order valence-corrected chi connectivity index (χ3v) is 7.36. The van der Waals surface area contributed by atoms with Gasteiger partial charge in [-0.2, -0.15) is 0 Å². The van der Waals surface area contributed by atoms with Gasteiger partial charge >= 0.3 is 0 Å². The molecule has 0 unspecified atom stereocenters. The van der Waals surface area contributed by atoms with Crippen molar-refractivity contribution < 1.29 is 63.5 Å². The maximum absolute atomic E-state index is 13.3. The lowest BCUT2D eigenvalue weighted by Crippen LogP contribution is -2.59. The molecule has 2 fully saturated rings. The second kappa shape index (κ2) is 12.1. The highest BCUT2D eigenvalue weighted by Gasteiger charge is 2.51. The van der Waals surface area contributed by atoms with E-state index in [0.717, 1.165) is 0 Å². The first kappa shape index (κ1) is 30.2. The van der Waals surface area contributed by atoms with E-state index in [-0.39, 0.29) is 27.9 Å². The van der Waals surface area contributed by atoms with Gasteiger partial charge in [0.15, 0.2) is 29.5 Å². The van der Waals surface area contributed by atoms with E-state index in [1.165, 1.54) is 25.5 Å². The van der Waals surface area contributed by atoms with Crippen molar-refractivity contribution in [3.05, 3.63) is 52.9 Å². The number of hydrogen-bond acceptors (Lipinski definition) is 14. The molecular weight excluding hydrogens is 560 g/mol. The van der Waals surface area contributed by atoms with Crippen LogP contribution < -0.4 is 19.6 Å². The van der Waals surface area contributed by atoms with Crippen LogP contribution in [0.5, 0.6) is 17.2 Å². The monoisotopic (exact) mass is 592 g/mol. The molecule has 8 atom stereocenters. The Labute approximate surface area is 238 Å². The van der Waals surface area contributed by atoms with E-state index in [1.54, 1.807) is 31.4 Å². The van der Waals surface area contributed by atoms with Gasteiger partial charge in [0.05, 0.1) is 38.4 Å². The molecule has 3 heterocycles. The van der Waals surface area contributed by atoms with E-state index in [1.807, 2.05) is 0 Å². The summed E-state index contributed by atoms with van der Waals surface area (Å²) >= 11 is 0. The molecule has 0 radical (unpaired) electrons. The number of aliphatic hydroxyl groups is 6. The van der Waals surface area contributed by atoms with Crippen LogP contribution in [0.1, 0.15) is 0 Å². The largest absolute Gasteiger partial charge is 0.497 e. The molecule has 2 aliphatic rings. The molecule has 14 nitrogen and oxygen atoms in total. The van der Waals surface area contributed by atoms with Crippen LogP contribution in [0.15, 0.2) is 51.9 Å². The fraction of sp³-hybridized carbons (Fsp3) is 0.464. The summed E-state index contributed by atoms with van der Waals surface area (Å²) in [6.45, 7) is -1.32. The summed E-state index contributed by atoms with van der Waals surface area (Å²) in [6, 6.07) is 9.90. The van der Waals surface area contributed by atoms with Crippen LogP contribution in [-0.4, -0.2) is 113 Å². The van der Waals surface area contributed by atoms with Gasteiger partial charge in [-0.15, -0.1) is 0 Å². The smallest absolute Gasteiger partial charge is 0.204 e. The zero-order chi connectivity index (χ0) is 30.2. The maximum Gasteiger partial charge on any atom is 0.204 e. The summed E-state index contributed by atoms with van der Waals surface area (Å²) in [5.41, 5.74) is -1.15. The lowest BCUT2D eigenvalue weighted by Gasteiger charge is -2.38. The fourth-order valence-electron chi connectivity index (χ4n) is 4.82. The van der Waals surface area contributed by atoms with Crippen molar-refractivity contribution in [1.29, 1.82) is 0 Å². The van der Waals surface area contributed by atoms with Gasteiger partial charge in [-0.1, -0.05) is 12.1 Å². The number of methoxy groups -OCH3 is 2. The SMILES string of the molecule is COc1ccc(-c2coc3c(OC)c(OC[C@@]4(O)CO[C@@H](OC[C@H]5O[C@@H](O)[C@H](O)[C@@H](O)[C@@H]5O)[C@@H]4O)ccc3c2=O)cc1. The highest BCUT2D eigenvalue weighted by molar-refractivity contribution is 5.88. The standard InChI is InChI=1S/C28H32O14/c1-36-14-5-3-13(4-6-14)16-9-38-23-15(19(16)29)7-8-17(24(23)37-2)40-11-28(35)12-41-27(25(28)33)39-10-18-20(30)21(31)22(32)26(34)42-18/h3-9,18,20-22,25-27,30-35H,10-12H2,1-2H3/t18-,20-,21+,22-,25+,26-,27-,28-/m1/s1. The number of ether oxygens (including phenoxy) is 6. The van der Waals surface area contributed by atoms with Crippen molar-refractivity contribution in [3.63, 3.8) is 0 Å². The molecule has 0 amide bonds. The van der Waals surface area contributed by atoms with Crippen molar-refractivity contribution >= 4 is 11.0 Å². The van der Waals surface area contributed by atoms with Crippen molar-refractivity contribution in [2.45, 2.75) is 48.7 Å². The average molecular weight is 593 g/mol. The van der Waals surface area contributed by atoms with Crippen molar-refractivity contribution in [1.82, 2.24) is 0 Å². The van der Waals surface area contributed by atoms with Gasteiger partial charge in [-0.05, 0) is 29.8 Å². The normalized spacial score (nSPS) is 31.3. The zero-order valence-electron chi connectivity index (χ0n) is 22.7. The predicted molar refractivity (Wildman–Crippen MR) is 142 cm³/mol. The van der Waals surface area contributed by atoms with Gasteiger partial charge in [-0.25, -0.2) is 0 Å². The van der Waals surface area contributed by atoms with Crippen LogP contribution in [0.4, 0.5) is 0 Å². The Morgan fingerprint density at radius 2 is 1.69 bits per heavy atom. The summed E-state index contributed by atoms with van der Waals surface area (Å²) in [7, 11) is 2.91. The minimum absolute atomic E-state index is 0.0958. The Bertz CT molecular complexity index is 1440. The van der Waals surface area contributed by atoms with Crippen LogP contribution in [0.25, 0.3) is 22.1 Å². The first-order chi connectivity index (χ1) is 20.1. The molecule has 1 aromatic heterocycles. The maximum atomic E-state index is 13.3. The number of rotatable bonds is 9. The third kappa shape index (κ3) is 5.56. The second-order valence-electron chi connectivity index (χ2n) is 10.1. The van der Waals surface area contributed by atoms with Crippen LogP contribution in [-0.2, 0) is 14.2 Å². The summed E-state index contributed by atoms with van der Waals surface area (Å²) in [6.07, 6.45) is -9.66. The molecule has 42 heavy (non-hydrogen) atoms. The molecule has 2 aliphatic heterocycles. The van der Waals surface area contributed by atoms with E-state index in [0.29, 0.717) is 16.9 Å². The van der Waals surface area contributed by atoms with Gasteiger partial charge < -0.3 is 63.5 Å². The molecule has 2 saturated heterocycles. The van der Waals surface area contributed by atoms with Crippen LogP contribution >= 0.6 is 0 Å². The van der Waals surface area contributed by atoms with Crippen molar-refractivity contribution in [3.8, 4) is 28.4 Å². The molecule has 0 spiro atoms. The van der Waals surface area contributed by atoms with Crippen molar-refractivity contribution in [2.75, 3.05) is 34.0 Å². The number of hydrogen-bond donors (Lipinski definition) is 6. The van der Waals surface area contributed by atoms with Gasteiger partial charge in [0.25, 0.3) is 0 Å². The molecule has 0 bridgehead atoms. The van der Waals surface area contributed by atoms with Gasteiger partial charge in [0, 0.05) is 0 Å². The average Bonchev–Trinajstić information content (AvgIpc) is 3.29. The molecule has 228 valence electrons. The van der Waals surface area contributed by atoms with Gasteiger partial charge in [-0.3, -0.25) is 4.79 Å². The lowest BCUT2D eigenvalue weighted by atomic mass is 9.99. The van der Waals surface area contributed by atoms with Crippen LogP contribution in [0, 0.1) is 0 Å². The Hall–Kier alpha value is -3.31. The molecule has 14 heteroatoms. The van der Waals surface area contributed by atoms with E-state index < -0.39 is 68.5 Å². The molecule has 3 aromatic rings. The van der Waals surface area contributed by atoms with Gasteiger partial charge in [0.1, 0.15) is 49.1 Å².